The lowest BCUT2D eigenvalue weighted by Gasteiger charge is -2.13. The third-order valence-corrected chi connectivity index (χ3v) is 6.48. The highest BCUT2D eigenvalue weighted by Gasteiger charge is 2.24. The van der Waals surface area contributed by atoms with Crippen molar-refractivity contribution < 1.29 is 8.96 Å². The minimum absolute atomic E-state index is 0.196. The maximum absolute atomic E-state index is 14.6. The standard InChI is InChI=1S/C25H20FN2/c1-13-5-7-18-19-8-6-14(2)21-24(19)28(23(18)15(13)3)20-12-17(26)11-16-9-10-27(4)25(21)22(16)20/h5-12H,1-4H3/q+1. The number of hydrogen-bond acceptors (Lipinski definition) is 0. The smallest absolute Gasteiger partial charge is 0.224 e. The molecule has 2 nitrogen and oxygen atoms in total. The molecule has 0 aliphatic heterocycles. The fourth-order valence-electron chi connectivity index (χ4n) is 5.02. The number of fused-ring (bicyclic) bond motifs is 5. The van der Waals surface area contributed by atoms with Gasteiger partial charge in [-0.1, -0.05) is 24.3 Å². The number of nitrogens with zero attached hydrogens (tertiary/aromatic N) is 2. The van der Waals surface area contributed by atoms with Crippen LogP contribution in [0.25, 0.3) is 49.0 Å². The average molecular weight is 367 g/mol. The maximum Gasteiger partial charge on any atom is 0.224 e. The summed E-state index contributed by atoms with van der Waals surface area (Å²) in [7, 11) is 2.08. The number of aromatic nitrogens is 2. The fraction of sp³-hybridized carbons (Fsp3) is 0.160. The number of aryl methyl sites for hydroxylation is 4. The van der Waals surface area contributed by atoms with Crippen LogP contribution in [-0.4, -0.2) is 4.40 Å². The van der Waals surface area contributed by atoms with Gasteiger partial charge in [-0.3, -0.25) is 0 Å². The summed E-state index contributed by atoms with van der Waals surface area (Å²) in [6.07, 6.45) is 2.03. The summed E-state index contributed by atoms with van der Waals surface area (Å²) in [6, 6.07) is 14.2. The Labute approximate surface area is 161 Å². The van der Waals surface area contributed by atoms with E-state index in [0.29, 0.717) is 0 Å². The topological polar surface area (TPSA) is 8.29 Å². The largest absolute Gasteiger partial charge is 0.307 e. The lowest BCUT2D eigenvalue weighted by Crippen LogP contribution is -2.29. The quantitative estimate of drug-likeness (QED) is 0.180. The molecule has 0 unspecified atom stereocenters. The fourth-order valence-corrected chi connectivity index (χ4v) is 5.02. The molecule has 3 aromatic carbocycles. The first-order chi connectivity index (χ1) is 13.5. The zero-order chi connectivity index (χ0) is 19.3. The molecule has 0 radical (unpaired) electrons. The summed E-state index contributed by atoms with van der Waals surface area (Å²) >= 11 is 0. The number of halogens is 1. The van der Waals surface area contributed by atoms with Gasteiger partial charge in [-0.05, 0) is 55.0 Å². The van der Waals surface area contributed by atoms with Crippen LogP contribution in [0.1, 0.15) is 16.7 Å². The summed E-state index contributed by atoms with van der Waals surface area (Å²) in [6.45, 7) is 6.48. The number of hydrogen-bond donors (Lipinski definition) is 0. The molecule has 0 aliphatic rings. The highest BCUT2D eigenvalue weighted by atomic mass is 19.1. The van der Waals surface area contributed by atoms with Gasteiger partial charge in [0.15, 0.2) is 6.20 Å². The van der Waals surface area contributed by atoms with Gasteiger partial charge < -0.3 is 4.40 Å². The van der Waals surface area contributed by atoms with E-state index in [1.165, 1.54) is 49.4 Å². The molecule has 0 atom stereocenters. The Morgan fingerprint density at radius 2 is 1.54 bits per heavy atom. The van der Waals surface area contributed by atoms with Crippen LogP contribution < -0.4 is 4.57 Å². The molecule has 0 spiro atoms. The Morgan fingerprint density at radius 1 is 0.821 bits per heavy atom. The monoisotopic (exact) mass is 367 g/mol. The van der Waals surface area contributed by atoms with Crippen molar-refractivity contribution in [2.24, 2.45) is 7.05 Å². The van der Waals surface area contributed by atoms with Gasteiger partial charge in [0.2, 0.25) is 5.52 Å². The van der Waals surface area contributed by atoms with Crippen LogP contribution in [0, 0.1) is 26.6 Å². The summed E-state index contributed by atoms with van der Waals surface area (Å²) in [5.74, 6) is -0.196. The molecule has 0 saturated heterocycles. The first-order valence-electron chi connectivity index (χ1n) is 9.64. The average Bonchev–Trinajstić information content (AvgIpc) is 3.00. The van der Waals surface area contributed by atoms with E-state index in [-0.39, 0.29) is 5.82 Å². The second-order valence-electron chi connectivity index (χ2n) is 8.06. The molecule has 28 heavy (non-hydrogen) atoms. The van der Waals surface area contributed by atoms with Gasteiger partial charge in [-0.25, -0.2) is 8.96 Å². The van der Waals surface area contributed by atoms with Crippen molar-refractivity contribution in [2.45, 2.75) is 20.8 Å². The maximum atomic E-state index is 14.6. The van der Waals surface area contributed by atoms with E-state index < -0.39 is 0 Å². The Bertz CT molecular complexity index is 1600. The zero-order valence-corrected chi connectivity index (χ0v) is 16.4. The van der Waals surface area contributed by atoms with Crippen LogP contribution in [0.3, 0.4) is 0 Å². The first kappa shape index (κ1) is 15.8. The molecule has 0 bridgehead atoms. The molecular weight excluding hydrogens is 347 g/mol. The van der Waals surface area contributed by atoms with Crippen LogP contribution >= 0.6 is 0 Å². The molecule has 136 valence electrons. The third-order valence-electron chi connectivity index (χ3n) is 6.48. The van der Waals surface area contributed by atoms with E-state index in [0.717, 1.165) is 16.3 Å². The van der Waals surface area contributed by atoms with E-state index >= 15 is 0 Å². The molecule has 6 rings (SSSR count). The van der Waals surface area contributed by atoms with E-state index in [1.807, 2.05) is 12.3 Å². The number of benzene rings is 3. The van der Waals surface area contributed by atoms with Crippen molar-refractivity contribution in [1.82, 2.24) is 4.40 Å². The molecule has 0 amide bonds. The molecular formula is C25H20FN2+. The van der Waals surface area contributed by atoms with Gasteiger partial charge in [0.05, 0.1) is 27.3 Å². The predicted molar refractivity (Wildman–Crippen MR) is 114 cm³/mol. The van der Waals surface area contributed by atoms with Crippen molar-refractivity contribution in [3.63, 3.8) is 0 Å². The van der Waals surface area contributed by atoms with Gasteiger partial charge >= 0.3 is 0 Å². The minimum atomic E-state index is -0.196. The van der Waals surface area contributed by atoms with Crippen LogP contribution in [-0.2, 0) is 7.05 Å². The lowest BCUT2D eigenvalue weighted by molar-refractivity contribution is -0.643. The lowest BCUT2D eigenvalue weighted by atomic mass is 9.99. The van der Waals surface area contributed by atoms with Crippen LogP contribution in [0.4, 0.5) is 4.39 Å². The highest BCUT2D eigenvalue weighted by Crippen LogP contribution is 2.41. The minimum Gasteiger partial charge on any atom is -0.307 e. The Hall–Kier alpha value is -3.20. The third kappa shape index (κ3) is 1.70. The molecule has 0 fully saturated rings. The first-order valence-corrected chi connectivity index (χ1v) is 9.64. The van der Waals surface area contributed by atoms with Crippen LogP contribution in [0.5, 0.6) is 0 Å². The Kier molecular flexibility index (Phi) is 2.82. The highest BCUT2D eigenvalue weighted by molar-refractivity contribution is 6.26. The summed E-state index contributed by atoms with van der Waals surface area (Å²) in [5.41, 5.74) is 8.22. The molecule has 3 aromatic heterocycles. The second-order valence-corrected chi connectivity index (χ2v) is 8.06. The second kappa shape index (κ2) is 4.99. The molecule has 3 heteroatoms. The van der Waals surface area contributed by atoms with Crippen molar-refractivity contribution in [2.75, 3.05) is 0 Å². The normalized spacial score (nSPS) is 12.5. The Morgan fingerprint density at radius 3 is 2.32 bits per heavy atom. The van der Waals surface area contributed by atoms with E-state index in [2.05, 4.69) is 61.1 Å². The SMILES string of the molecule is Cc1ccc2c3ccc(C)c4c3n(c3cc(F)cc5cc[n+](C)c4c53)c2c1C. The predicted octanol–water partition coefficient (Wildman–Crippen LogP) is 5.88. The Balaban J connectivity index is 2.16. The number of pyridine rings is 2. The van der Waals surface area contributed by atoms with Gasteiger partial charge in [-0.15, -0.1) is 0 Å². The van der Waals surface area contributed by atoms with Gasteiger partial charge in [0.25, 0.3) is 0 Å². The van der Waals surface area contributed by atoms with Crippen LogP contribution in [0.2, 0.25) is 0 Å². The van der Waals surface area contributed by atoms with E-state index in [9.17, 15) is 4.39 Å². The number of rotatable bonds is 0. The van der Waals surface area contributed by atoms with Crippen LogP contribution in [0.15, 0.2) is 48.7 Å². The van der Waals surface area contributed by atoms with Gasteiger partial charge in [0, 0.05) is 16.8 Å². The summed E-state index contributed by atoms with van der Waals surface area (Å²) in [5, 5.41) is 5.76. The van der Waals surface area contributed by atoms with E-state index in [4.69, 9.17) is 0 Å². The van der Waals surface area contributed by atoms with Crippen molar-refractivity contribution in [3.8, 4) is 0 Å². The summed E-state index contributed by atoms with van der Waals surface area (Å²) < 4.78 is 19.1. The van der Waals surface area contributed by atoms with Crippen molar-refractivity contribution >= 4 is 49.0 Å². The zero-order valence-electron chi connectivity index (χ0n) is 16.4. The summed E-state index contributed by atoms with van der Waals surface area (Å²) in [4.78, 5) is 0. The van der Waals surface area contributed by atoms with Crippen molar-refractivity contribution in [3.05, 3.63) is 71.2 Å². The van der Waals surface area contributed by atoms with Crippen molar-refractivity contribution in [1.29, 1.82) is 0 Å². The molecule has 6 aromatic rings. The molecule has 0 aliphatic carbocycles. The van der Waals surface area contributed by atoms with E-state index in [1.54, 1.807) is 12.1 Å². The molecule has 3 heterocycles. The molecule has 0 N–H and O–H groups in total. The molecule has 0 saturated carbocycles. The van der Waals surface area contributed by atoms with Gasteiger partial charge in [-0.2, -0.15) is 0 Å². The van der Waals surface area contributed by atoms with Gasteiger partial charge in [0.1, 0.15) is 12.9 Å².